The minimum absolute atomic E-state index is 0.164. The highest BCUT2D eigenvalue weighted by Crippen LogP contribution is 2.36. The van der Waals surface area contributed by atoms with Crippen molar-refractivity contribution in [3.05, 3.63) is 58.4 Å². The summed E-state index contributed by atoms with van der Waals surface area (Å²) in [6.07, 6.45) is 1.54. The molecule has 0 bridgehead atoms. The third kappa shape index (κ3) is 5.91. The third-order valence-electron chi connectivity index (χ3n) is 3.68. The molecule has 0 aromatic heterocycles. The molecule has 2 aromatic carbocycles. The lowest BCUT2D eigenvalue weighted by Crippen LogP contribution is -2.17. The molecule has 25 heavy (non-hydrogen) atoms. The number of nitrogens with one attached hydrogen (secondary N) is 1. The third-order valence-corrected chi connectivity index (χ3v) is 3.96. The molecule has 0 aliphatic heterocycles. The van der Waals surface area contributed by atoms with Crippen molar-refractivity contribution in [3.8, 4) is 11.5 Å². The molecule has 1 N–H and O–H groups in total. The summed E-state index contributed by atoms with van der Waals surface area (Å²) in [7, 11) is 0. The highest BCUT2D eigenvalue weighted by atomic mass is 35.5. The number of hydrogen-bond donors (Lipinski definition) is 1. The summed E-state index contributed by atoms with van der Waals surface area (Å²) in [5.41, 5.74) is 1.72. The van der Waals surface area contributed by atoms with Gasteiger partial charge < -0.3 is 14.8 Å². The summed E-state index contributed by atoms with van der Waals surface area (Å²) in [5.74, 6) is 1.10. The average Bonchev–Trinajstić information content (AvgIpc) is 2.60. The van der Waals surface area contributed by atoms with Gasteiger partial charge in [0, 0.05) is 6.54 Å². The van der Waals surface area contributed by atoms with Gasteiger partial charge in [-0.05, 0) is 55.6 Å². The summed E-state index contributed by atoms with van der Waals surface area (Å²) in [6.45, 7) is 6.42. The zero-order valence-electron chi connectivity index (χ0n) is 14.8. The van der Waals surface area contributed by atoms with Crippen molar-refractivity contribution in [2.24, 2.45) is 0 Å². The van der Waals surface area contributed by atoms with Crippen LogP contribution in [-0.4, -0.2) is 19.8 Å². The molecule has 0 atom stereocenters. The van der Waals surface area contributed by atoms with E-state index in [1.165, 1.54) is 6.07 Å². The fourth-order valence-corrected chi connectivity index (χ4v) is 2.78. The molecule has 0 aliphatic carbocycles. The zero-order valence-corrected chi connectivity index (χ0v) is 15.5. The molecular formula is C20H25ClFNO2. The van der Waals surface area contributed by atoms with Gasteiger partial charge in [-0.25, -0.2) is 4.39 Å². The van der Waals surface area contributed by atoms with Gasteiger partial charge in [-0.2, -0.15) is 0 Å². The Kier molecular flexibility index (Phi) is 8.02. The topological polar surface area (TPSA) is 30.5 Å². The van der Waals surface area contributed by atoms with E-state index in [1.54, 1.807) is 12.1 Å². The maximum atomic E-state index is 13.6. The van der Waals surface area contributed by atoms with Crippen molar-refractivity contribution < 1.29 is 13.9 Å². The SMILES string of the molecule is CCCOc1c(Cl)cc(CNCCc2ccccc2F)cc1OCC. The summed E-state index contributed by atoms with van der Waals surface area (Å²) < 4.78 is 25.0. The largest absolute Gasteiger partial charge is 0.490 e. The number of halogens is 2. The van der Waals surface area contributed by atoms with E-state index < -0.39 is 0 Å². The molecule has 0 saturated carbocycles. The van der Waals surface area contributed by atoms with E-state index in [0.717, 1.165) is 12.0 Å². The fraction of sp³-hybridized carbons (Fsp3) is 0.400. The minimum atomic E-state index is -0.164. The Balaban J connectivity index is 1.96. The highest BCUT2D eigenvalue weighted by Gasteiger charge is 2.12. The van der Waals surface area contributed by atoms with Crippen LogP contribution in [-0.2, 0) is 13.0 Å². The van der Waals surface area contributed by atoms with E-state index in [1.807, 2.05) is 32.0 Å². The molecule has 0 saturated heterocycles. The van der Waals surface area contributed by atoms with Crippen molar-refractivity contribution in [3.63, 3.8) is 0 Å². The van der Waals surface area contributed by atoms with Gasteiger partial charge in [0.1, 0.15) is 5.82 Å². The van der Waals surface area contributed by atoms with Crippen molar-refractivity contribution in [2.75, 3.05) is 19.8 Å². The van der Waals surface area contributed by atoms with Crippen LogP contribution in [0.25, 0.3) is 0 Å². The molecule has 136 valence electrons. The number of benzene rings is 2. The highest BCUT2D eigenvalue weighted by molar-refractivity contribution is 6.32. The van der Waals surface area contributed by atoms with E-state index in [2.05, 4.69) is 5.32 Å². The molecular weight excluding hydrogens is 341 g/mol. The smallest absolute Gasteiger partial charge is 0.179 e. The summed E-state index contributed by atoms with van der Waals surface area (Å²) in [6, 6.07) is 10.7. The lowest BCUT2D eigenvalue weighted by Gasteiger charge is -2.15. The molecule has 2 aromatic rings. The van der Waals surface area contributed by atoms with Gasteiger partial charge in [0.2, 0.25) is 0 Å². The normalized spacial score (nSPS) is 10.7. The maximum absolute atomic E-state index is 13.6. The van der Waals surface area contributed by atoms with Crippen LogP contribution in [0, 0.1) is 5.82 Å². The molecule has 0 fully saturated rings. The molecule has 0 heterocycles. The summed E-state index contributed by atoms with van der Waals surface area (Å²) in [5, 5.41) is 3.86. The molecule has 2 rings (SSSR count). The van der Waals surface area contributed by atoms with E-state index >= 15 is 0 Å². The fourth-order valence-electron chi connectivity index (χ4n) is 2.49. The Morgan fingerprint density at radius 1 is 1.12 bits per heavy atom. The summed E-state index contributed by atoms with van der Waals surface area (Å²) in [4.78, 5) is 0. The van der Waals surface area contributed by atoms with Crippen LogP contribution < -0.4 is 14.8 Å². The van der Waals surface area contributed by atoms with Gasteiger partial charge in [0.15, 0.2) is 11.5 Å². The molecule has 0 spiro atoms. The van der Waals surface area contributed by atoms with Gasteiger partial charge in [-0.1, -0.05) is 36.7 Å². The quantitative estimate of drug-likeness (QED) is 0.601. The number of hydrogen-bond acceptors (Lipinski definition) is 3. The first-order valence-electron chi connectivity index (χ1n) is 8.67. The van der Waals surface area contributed by atoms with Crippen LogP contribution in [0.3, 0.4) is 0 Å². The number of rotatable bonds is 10. The standard InChI is InChI=1S/C20H25ClFNO2/c1-3-11-25-20-17(21)12-15(13-19(20)24-4-2)14-23-10-9-16-7-5-6-8-18(16)22/h5-8,12-13,23H,3-4,9-11,14H2,1-2H3. The molecule has 0 unspecified atom stereocenters. The predicted octanol–water partition coefficient (Wildman–Crippen LogP) is 5.00. The first kappa shape index (κ1) is 19.5. The zero-order chi connectivity index (χ0) is 18.1. The molecule has 3 nitrogen and oxygen atoms in total. The molecule has 0 aliphatic rings. The van der Waals surface area contributed by atoms with E-state index in [-0.39, 0.29) is 5.82 Å². The van der Waals surface area contributed by atoms with Gasteiger partial charge >= 0.3 is 0 Å². The maximum Gasteiger partial charge on any atom is 0.179 e. The van der Waals surface area contributed by atoms with E-state index in [9.17, 15) is 4.39 Å². The first-order chi connectivity index (χ1) is 12.2. The van der Waals surface area contributed by atoms with Crippen molar-refractivity contribution in [1.82, 2.24) is 5.32 Å². The Hall–Kier alpha value is -1.78. The second-order valence-corrected chi connectivity index (χ2v) is 6.11. The molecule has 5 heteroatoms. The van der Waals surface area contributed by atoms with Gasteiger partial charge in [0.05, 0.1) is 18.2 Å². The van der Waals surface area contributed by atoms with Gasteiger partial charge in [-0.3, -0.25) is 0 Å². The lowest BCUT2D eigenvalue weighted by molar-refractivity contribution is 0.277. The van der Waals surface area contributed by atoms with Crippen molar-refractivity contribution >= 4 is 11.6 Å². The van der Waals surface area contributed by atoms with Crippen LogP contribution in [0.4, 0.5) is 4.39 Å². The monoisotopic (exact) mass is 365 g/mol. The molecule has 0 amide bonds. The Labute approximate surface area is 154 Å². The average molecular weight is 366 g/mol. The number of ether oxygens (including phenoxy) is 2. The Bertz CT molecular complexity index is 679. The lowest BCUT2D eigenvalue weighted by atomic mass is 10.1. The van der Waals surface area contributed by atoms with Crippen LogP contribution in [0.1, 0.15) is 31.4 Å². The predicted molar refractivity (Wildman–Crippen MR) is 100 cm³/mol. The van der Waals surface area contributed by atoms with Crippen LogP contribution in [0.15, 0.2) is 36.4 Å². The van der Waals surface area contributed by atoms with E-state index in [0.29, 0.717) is 54.8 Å². The first-order valence-corrected chi connectivity index (χ1v) is 9.05. The van der Waals surface area contributed by atoms with E-state index in [4.69, 9.17) is 21.1 Å². The second kappa shape index (κ2) is 10.3. The minimum Gasteiger partial charge on any atom is -0.490 e. The second-order valence-electron chi connectivity index (χ2n) is 5.70. The Morgan fingerprint density at radius 3 is 2.64 bits per heavy atom. The Morgan fingerprint density at radius 2 is 1.92 bits per heavy atom. The van der Waals surface area contributed by atoms with Crippen LogP contribution in [0.2, 0.25) is 5.02 Å². The van der Waals surface area contributed by atoms with Crippen LogP contribution in [0.5, 0.6) is 11.5 Å². The van der Waals surface area contributed by atoms with Crippen LogP contribution >= 0.6 is 11.6 Å². The summed E-state index contributed by atoms with van der Waals surface area (Å²) >= 11 is 6.35. The van der Waals surface area contributed by atoms with Gasteiger partial charge in [-0.15, -0.1) is 0 Å². The van der Waals surface area contributed by atoms with Gasteiger partial charge in [0.25, 0.3) is 0 Å². The van der Waals surface area contributed by atoms with Crippen molar-refractivity contribution in [1.29, 1.82) is 0 Å². The van der Waals surface area contributed by atoms with Crippen molar-refractivity contribution in [2.45, 2.75) is 33.2 Å². The molecule has 0 radical (unpaired) electrons.